The van der Waals surface area contributed by atoms with Gasteiger partial charge in [-0.1, -0.05) is 29.8 Å². The molecule has 2 rings (SSSR count). The van der Waals surface area contributed by atoms with Crippen molar-refractivity contribution in [1.82, 2.24) is 0 Å². The first-order chi connectivity index (χ1) is 7.20. The fraction of sp³-hybridized carbons (Fsp3) is 0.500. The summed E-state index contributed by atoms with van der Waals surface area (Å²) in [7, 11) is 0. The molecule has 82 valence electrons. The van der Waals surface area contributed by atoms with Crippen molar-refractivity contribution < 1.29 is 14.9 Å². The van der Waals surface area contributed by atoms with Crippen LogP contribution in [0.15, 0.2) is 24.3 Å². The monoisotopic (exact) mass is 208 g/mol. The van der Waals surface area contributed by atoms with Gasteiger partial charge in [-0.2, -0.15) is 0 Å². The van der Waals surface area contributed by atoms with E-state index in [0.29, 0.717) is 6.42 Å². The summed E-state index contributed by atoms with van der Waals surface area (Å²) in [4.78, 5) is 0. The van der Waals surface area contributed by atoms with Crippen LogP contribution in [0.3, 0.4) is 0 Å². The van der Waals surface area contributed by atoms with Crippen molar-refractivity contribution in [3.8, 4) is 0 Å². The van der Waals surface area contributed by atoms with Crippen LogP contribution in [0.2, 0.25) is 0 Å². The van der Waals surface area contributed by atoms with Crippen LogP contribution in [0.4, 0.5) is 0 Å². The van der Waals surface area contributed by atoms with Crippen LogP contribution in [0.1, 0.15) is 23.7 Å². The van der Waals surface area contributed by atoms with Gasteiger partial charge in [-0.25, -0.2) is 0 Å². The predicted molar refractivity (Wildman–Crippen MR) is 56.5 cm³/mol. The first-order valence-electron chi connectivity index (χ1n) is 5.21. The number of ether oxygens (including phenoxy) is 1. The van der Waals surface area contributed by atoms with E-state index in [1.165, 1.54) is 5.56 Å². The van der Waals surface area contributed by atoms with E-state index in [2.05, 4.69) is 6.07 Å². The Bertz CT molecular complexity index is 337. The zero-order valence-corrected chi connectivity index (χ0v) is 8.76. The van der Waals surface area contributed by atoms with Crippen LogP contribution in [-0.4, -0.2) is 29.0 Å². The third-order valence-corrected chi connectivity index (χ3v) is 2.82. The van der Waals surface area contributed by atoms with Crippen LogP contribution in [-0.2, 0) is 4.74 Å². The van der Waals surface area contributed by atoms with Gasteiger partial charge in [0.2, 0.25) is 0 Å². The van der Waals surface area contributed by atoms with Gasteiger partial charge in [0.25, 0.3) is 0 Å². The fourth-order valence-corrected chi connectivity index (χ4v) is 1.98. The van der Waals surface area contributed by atoms with Crippen molar-refractivity contribution in [1.29, 1.82) is 0 Å². The van der Waals surface area contributed by atoms with Gasteiger partial charge in [0.1, 0.15) is 6.10 Å². The molecule has 1 heterocycles. The highest BCUT2D eigenvalue weighted by Crippen LogP contribution is 2.32. The highest BCUT2D eigenvalue weighted by molar-refractivity contribution is 5.25. The summed E-state index contributed by atoms with van der Waals surface area (Å²) in [5, 5.41) is 18.6. The highest BCUT2D eigenvalue weighted by atomic mass is 16.5. The number of aliphatic hydroxyl groups excluding tert-OH is 2. The molecule has 1 aliphatic heterocycles. The molecule has 0 aromatic heterocycles. The second-order valence-corrected chi connectivity index (χ2v) is 4.06. The summed E-state index contributed by atoms with van der Waals surface area (Å²) in [6.07, 6.45) is -0.512. The van der Waals surface area contributed by atoms with Gasteiger partial charge >= 0.3 is 0 Å². The van der Waals surface area contributed by atoms with Crippen molar-refractivity contribution in [2.75, 3.05) is 6.61 Å². The maximum Gasteiger partial charge on any atom is 0.107 e. The van der Waals surface area contributed by atoms with E-state index >= 15 is 0 Å². The third kappa shape index (κ3) is 2.20. The molecule has 0 aliphatic carbocycles. The zero-order chi connectivity index (χ0) is 10.8. The summed E-state index contributed by atoms with van der Waals surface area (Å²) < 4.78 is 5.56. The quantitative estimate of drug-likeness (QED) is 0.767. The summed E-state index contributed by atoms with van der Waals surface area (Å²) in [6.45, 7) is 1.90. The summed E-state index contributed by atoms with van der Waals surface area (Å²) in [5.74, 6) is 0. The fourth-order valence-electron chi connectivity index (χ4n) is 1.98. The number of aryl methyl sites for hydroxylation is 1. The molecule has 0 bridgehead atoms. The minimum atomic E-state index is -0.555. The maximum absolute atomic E-state index is 9.60. The standard InChI is InChI=1S/C12H16O3/c1-8-3-2-4-9(5-8)11-6-10(14)12(7-13)15-11/h2-5,10-14H,6-7H2,1H3/t10-,11-,12-/m1/s1. The van der Waals surface area contributed by atoms with E-state index in [1.54, 1.807) is 0 Å². The average molecular weight is 208 g/mol. The smallest absolute Gasteiger partial charge is 0.107 e. The minimum Gasteiger partial charge on any atom is -0.394 e. The van der Waals surface area contributed by atoms with E-state index in [4.69, 9.17) is 9.84 Å². The molecule has 15 heavy (non-hydrogen) atoms. The molecule has 0 radical (unpaired) electrons. The molecular weight excluding hydrogens is 192 g/mol. The van der Waals surface area contributed by atoms with Crippen molar-refractivity contribution in [3.63, 3.8) is 0 Å². The van der Waals surface area contributed by atoms with E-state index in [9.17, 15) is 5.11 Å². The SMILES string of the molecule is Cc1cccc([C@H]2C[C@@H](O)[C@@H](CO)O2)c1. The largest absolute Gasteiger partial charge is 0.394 e. The molecule has 3 atom stereocenters. The third-order valence-electron chi connectivity index (χ3n) is 2.82. The molecule has 1 fully saturated rings. The van der Waals surface area contributed by atoms with Gasteiger partial charge in [0.05, 0.1) is 18.8 Å². The number of aliphatic hydroxyl groups is 2. The van der Waals surface area contributed by atoms with Crippen LogP contribution in [0.25, 0.3) is 0 Å². The number of hydrogen-bond donors (Lipinski definition) is 2. The lowest BCUT2D eigenvalue weighted by Crippen LogP contribution is -2.24. The Labute approximate surface area is 89.3 Å². The maximum atomic E-state index is 9.60. The predicted octanol–water partition coefficient (Wildman–Crippen LogP) is 1.18. The summed E-state index contributed by atoms with van der Waals surface area (Å²) in [6, 6.07) is 8.05. The number of rotatable bonds is 2. The first kappa shape index (κ1) is 10.6. The van der Waals surface area contributed by atoms with Crippen LogP contribution in [0.5, 0.6) is 0 Å². The van der Waals surface area contributed by atoms with Gasteiger partial charge in [0, 0.05) is 6.42 Å². The van der Waals surface area contributed by atoms with E-state index in [1.807, 2.05) is 25.1 Å². The molecule has 1 saturated heterocycles. The van der Waals surface area contributed by atoms with Gasteiger partial charge < -0.3 is 14.9 Å². The lowest BCUT2D eigenvalue weighted by atomic mass is 10.0. The van der Waals surface area contributed by atoms with Gasteiger partial charge in [-0.05, 0) is 12.5 Å². The van der Waals surface area contributed by atoms with E-state index < -0.39 is 12.2 Å². The molecule has 1 aromatic carbocycles. The highest BCUT2D eigenvalue weighted by Gasteiger charge is 2.33. The van der Waals surface area contributed by atoms with E-state index in [-0.39, 0.29) is 12.7 Å². The average Bonchev–Trinajstić information content (AvgIpc) is 2.60. The van der Waals surface area contributed by atoms with Crippen LogP contribution < -0.4 is 0 Å². The Kier molecular flexibility index (Phi) is 3.05. The van der Waals surface area contributed by atoms with Gasteiger partial charge in [-0.15, -0.1) is 0 Å². The lowest BCUT2D eigenvalue weighted by Gasteiger charge is -2.12. The van der Waals surface area contributed by atoms with Crippen molar-refractivity contribution in [2.24, 2.45) is 0 Å². The van der Waals surface area contributed by atoms with Crippen molar-refractivity contribution in [2.45, 2.75) is 31.7 Å². The molecule has 3 nitrogen and oxygen atoms in total. The minimum absolute atomic E-state index is 0.0861. The first-order valence-corrected chi connectivity index (χ1v) is 5.21. The molecule has 2 N–H and O–H groups in total. The second kappa shape index (κ2) is 4.31. The summed E-state index contributed by atoms with van der Waals surface area (Å²) >= 11 is 0. The van der Waals surface area contributed by atoms with Crippen molar-refractivity contribution in [3.05, 3.63) is 35.4 Å². The summed E-state index contributed by atoms with van der Waals surface area (Å²) in [5.41, 5.74) is 2.25. The molecule has 3 heteroatoms. The van der Waals surface area contributed by atoms with Gasteiger partial charge in [-0.3, -0.25) is 0 Å². The van der Waals surface area contributed by atoms with E-state index in [0.717, 1.165) is 5.56 Å². The second-order valence-electron chi connectivity index (χ2n) is 4.06. The normalized spacial score (nSPS) is 30.7. The molecular formula is C12H16O3. The number of hydrogen-bond acceptors (Lipinski definition) is 3. The number of benzene rings is 1. The van der Waals surface area contributed by atoms with Gasteiger partial charge in [0.15, 0.2) is 0 Å². The Morgan fingerprint density at radius 3 is 2.87 bits per heavy atom. The Morgan fingerprint density at radius 1 is 1.47 bits per heavy atom. The zero-order valence-electron chi connectivity index (χ0n) is 8.76. The molecule has 0 spiro atoms. The van der Waals surface area contributed by atoms with Crippen LogP contribution in [0, 0.1) is 6.92 Å². The molecule has 0 unspecified atom stereocenters. The Morgan fingerprint density at radius 2 is 2.27 bits per heavy atom. The molecule has 0 saturated carbocycles. The molecule has 0 amide bonds. The Hall–Kier alpha value is -0.900. The molecule has 1 aliphatic rings. The molecule has 1 aromatic rings. The Balaban J connectivity index is 2.13. The van der Waals surface area contributed by atoms with Crippen molar-refractivity contribution >= 4 is 0 Å². The lowest BCUT2D eigenvalue weighted by molar-refractivity contribution is -0.0225. The van der Waals surface area contributed by atoms with Crippen LogP contribution >= 0.6 is 0 Å². The topological polar surface area (TPSA) is 49.7 Å².